The lowest BCUT2D eigenvalue weighted by Gasteiger charge is -2.26. The van der Waals surface area contributed by atoms with Gasteiger partial charge in [0, 0.05) is 17.4 Å². The SMILES string of the molecule is COCc1c(OC)cc(C(C)(C)SC)cc1C(F)(F)F. The van der Waals surface area contributed by atoms with Gasteiger partial charge in [-0.1, -0.05) is 0 Å². The van der Waals surface area contributed by atoms with E-state index in [2.05, 4.69) is 0 Å². The van der Waals surface area contributed by atoms with Gasteiger partial charge >= 0.3 is 6.18 Å². The topological polar surface area (TPSA) is 18.5 Å². The van der Waals surface area contributed by atoms with Crippen LogP contribution in [0.2, 0.25) is 0 Å². The Morgan fingerprint density at radius 3 is 2.15 bits per heavy atom. The van der Waals surface area contributed by atoms with Crippen LogP contribution in [-0.4, -0.2) is 20.5 Å². The fraction of sp³-hybridized carbons (Fsp3) is 0.571. The molecular formula is C14H19F3O2S. The highest BCUT2D eigenvalue weighted by Gasteiger charge is 2.36. The van der Waals surface area contributed by atoms with Crippen molar-refractivity contribution in [2.75, 3.05) is 20.5 Å². The maximum absolute atomic E-state index is 13.2. The van der Waals surface area contributed by atoms with Gasteiger partial charge in [-0.25, -0.2) is 0 Å². The van der Waals surface area contributed by atoms with E-state index < -0.39 is 16.5 Å². The van der Waals surface area contributed by atoms with Crippen LogP contribution in [0, 0.1) is 0 Å². The Morgan fingerprint density at radius 2 is 1.75 bits per heavy atom. The van der Waals surface area contributed by atoms with E-state index in [9.17, 15) is 13.2 Å². The van der Waals surface area contributed by atoms with Crippen LogP contribution >= 0.6 is 11.8 Å². The van der Waals surface area contributed by atoms with E-state index in [1.54, 1.807) is 6.07 Å². The Balaban J connectivity index is 3.56. The van der Waals surface area contributed by atoms with Crippen molar-refractivity contribution in [1.82, 2.24) is 0 Å². The molecule has 20 heavy (non-hydrogen) atoms. The summed E-state index contributed by atoms with van der Waals surface area (Å²) in [5.41, 5.74) is -0.0898. The van der Waals surface area contributed by atoms with Crippen LogP contribution in [0.4, 0.5) is 13.2 Å². The first-order valence-electron chi connectivity index (χ1n) is 6.00. The summed E-state index contributed by atoms with van der Waals surface area (Å²) in [6.07, 6.45) is -2.57. The van der Waals surface area contributed by atoms with Gasteiger partial charge in [0.1, 0.15) is 5.75 Å². The zero-order valence-corrected chi connectivity index (χ0v) is 13.0. The Hall–Kier alpha value is -0.880. The van der Waals surface area contributed by atoms with Gasteiger partial charge in [0.25, 0.3) is 0 Å². The third-order valence-electron chi connectivity index (χ3n) is 3.23. The molecule has 0 aliphatic rings. The Labute approximate surface area is 121 Å². The van der Waals surface area contributed by atoms with Crippen molar-refractivity contribution in [1.29, 1.82) is 0 Å². The fourth-order valence-electron chi connectivity index (χ4n) is 1.84. The van der Waals surface area contributed by atoms with Gasteiger partial charge in [-0.15, -0.1) is 0 Å². The molecule has 0 atom stereocenters. The Kier molecular flexibility index (Phi) is 5.38. The third kappa shape index (κ3) is 3.61. The summed E-state index contributed by atoms with van der Waals surface area (Å²) in [6, 6.07) is 2.84. The molecule has 0 N–H and O–H groups in total. The zero-order chi connectivity index (χ0) is 15.6. The number of halogens is 3. The fourth-order valence-corrected chi connectivity index (χ4v) is 2.19. The number of thioether (sulfide) groups is 1. The number of hydrogen-bond donors (Lipinski definition) is 0. The molecule has 0 amide bonds. The summed E-state index contributed by atoms with van der Waals surface area (Å²) in [4.78, 5) is 0. The van der Waals surface area contributed by atoms with Gasteiger partial charge in [-0.2, -0.15) is 24.9 Å². The first kappa shape index (κ1) is 17.2. The minimum absolute atomic E-state index is 0.0307. The molecule has 0 spiro atoms. The summed E-state index contributed by atoms with van der Waals surface area (Å²) in [5.74, 6) is 0.207. The van der Waals surface area contributed by atoms with Crippen LogP contribution in [0.1, 0.15) is 30.5 Å². The molecule has 0 bridgehead atoms. The number of benzene rings is 1. The van der Waals surface area contributed by atoms with Gasteiger partial charge in [-0.05, 0) is 37.8 Å². The van der Waals surface area contributed by atoms with Gasteiger partial charge in [0.2, 0.25) is 0 Å². The van der Waals surface area contributed by atoms with E-state index in [1.165, 1.54) is 32.0 Å². The summed E-state index contributed by atoms with van der Waals surface area (Å²) in [7, 11) is 2.73. The average molecular weight is 308 g/mol. The third-order valence-corrected chi connectivity index (χ3v) is 4.48. The molecule has 0 saturated heterocycles. The van der Waals surface area contributed by atoms with E-state index in [-0.39, 0.29) is 17.9 Å². The predicted molar refractivity (Wildman–Crippen MR) is 75.3 cm³/mol. The van der Waals surface area contributed by atoms with Crippen LogP contribution in [0.15, 0.2) is 12.1 Å². The van der Waals surface area contributed by atoms with E-state index >= 15 is 0 Å². The minimum atomic E-state index is -4.44. The molecule has 114 valence electrons. The highest BCUT2D eigenvalue weighted by atomic mass is 32.2. The maximum Gasteiger partial charge on any atom is 0.416 e. The molecule has 1 aromatic rings. The van der Waals surface area contributed by atoms with Crippen LogP contribution in [-0.2, 0) is 22.3 Å². The van der Waals surface area contributed by atoms with E-state index in [0.717, 1.165) is 0 Å². The molecule has 0 aliphatic carbocycles. The first-order valence-corrected chi connectivity index (χ1v) is 7.22. The molecule has 0 fully saturated rings. The van der Waals surface area contributed by atoms with Crippen LogP contribution in [0.5, 0.6) is 5.75 Å². The van der Waals surface area contributed by atoms with Crippen molar-refractivity contribution in [2.24, 2.45) is 0 Å². The van der Waals surface area contributed by atoms with Gasteiger partial charge in [0.15, 0.2) is 0 Å². The summed E-state index contributed by atoms with van der Waals surface area (Å²) in [5, 5.41) is 0. The molecule has 6 heteroatoms. The normalized spacial score (nSPS) is 12.6. The predicted octanol–water partition coefficient (Wildman–Crippen LogP) is 4.46. The van der Waals surface area contributed by atoms with E-state index in [0.29, 0.717) is 5.56 Å². The number of ether oxygens (including phenoxy) is 2. The Morgan fingerprint density at radius 1 is 1.15 bits per heavy atom. The molecule has 0 unspecified atom stereocenters. The van der Waals surface area contributed by atoms with E-state index in [1.807, 2.05) is 20.1 Å². The minimum Gasteiger partial charge on any atom is -0.496 e. The van der Waals surface area contributed by atoms with Crippen molar-refractivity contribution in [3.05, 3.63) is 28.8 Å². The molecule has 1 rings (SSSR count). The van der Waals surface area contributed by atoms with Gasteiger partial charge < -0.3 is 9.47 Å². The highest BCUT2D eigenvalue weighted by molar-refractivity contribution is 7.99. The summed E-state index contributed by atoms with van der Waals surface area (Å²) >= 11 is 1.48. The van der Waals surface area contributed by atoms with Crippen molar-refractivity contribution < 1.29 is 22.6 Å². The standard InChI is InChI=1S/C14H19F3O2S/c1-13(2,20-5)9-6-11(14(15,16)17)10(8-18-3)12(7-9)19-4/h6-7H,8H2,1-5H3. The smallest absolute Gasteiger partial charge is 0.416 e. The van der Waals surface area contributed by atoms with Crippen LogP contribution in [0.25, 0.3) is 0 Å². The Bertz CT molecular complexity index is 470. The number of rotatable bonds is 5. The van der Waals surface area contributed by atoms with Gasteiger partial charge in [-0.3, -0.25) is 0 Å². The second kappa shape index (κ2) is 6.26. The molecule has 1 aromatic carbocycles. The number of hydrogen-bond acceptors (Lipinski definition) is 3. The second-order valence-electron chi connectivity index (χ2n) is 4.85. The summed E-state index contributed by atoms with van der Waals surface area (Å²) < 4.78 is 49.3. The molecule has 2 nitrogen and oxygen atoms in total. The lowest BCUT2D eigenvalue weighted by molar-refractivity contribution is -0.139. The second-order valence-corrected chi connectivity index (χ2v) is 6.28. The quantitative estimate of drug-likeness (QED) is 0.800. The zero-order valence-electron chi connectivity index (χ0n) is 12.2. The van der Waals surface area contributed by atoms with Gasteiger partial charge in [0.05, 0.1) is 19.3 Å². The lowest BCUT2D eigenvalue weighted by Crippen LogP contribution is -2.17. The van der Waals surface area contributed by atoms with Crippen molar-refractivity contribution >= 4 is 11.8 Å². The lowest BCUT2D eigenvalue weighted by atomic mass is 9.95. The first-order chi connectivity index (χ1) is 9.17. The molecule has 0 saturated carbocycles. The van der Waals surface area contributed by atoms with Crippen LogP contribution in [0.3, 0.4) is 0 Å². The van der Waals surface area contributed by atoms with E-state index in [4.69, 9.17) is 9.47 Å². The monoisotopic (exact) mass is 308 g/mol. The maximum atomic E-state index is 13.2. The van der Waals surface area contributed by atoms with Crippen molar-refractivity contribution in [3.8, 4) is 5.75 Å². The number of alkyl halides is 3. The molecule has 0 radical (unpaired) electrons. The molecular weight excluding hydrogens is 289 g/mol. The molecule has 0 heterocycles. The molecule has 0 aromatic heterocycles. The number of methoxy groups -OCH3 is 2. The van der Waals surface area contributed by atoms with Crippen LogP contribution < -0.4 is 4.74 Å². The van der Waals surface area contributed by atoms with Crippen molar-refractivity contribution in [2.45, 2.75) is 31.4 Å². The largest absolute Gasteiger partial charge is 0.496 e. The van der Waals surface area contributed by atoms with Crippen molar-refractivity contribution in [3.63, 3.8) is 0 Å². The average Bonchev–Trinajstić information content (AvgIpc) is 2.37. The highest BCUT2D eigenvalue weighted by Crippen LogP contribution is 2.42. The molecule has 0 aliphatic heterocycles. The summed E-state index contributed by atoms with van der Waals surface area (Å²) in [6.45, 7) is 3.61.